The number of likely N-dealkylation sites (N-methyl/N-ethyl adjacent to an activating group) is 1. The number of hydrogen-bond acceptors (Lipinski definition) is 3. The highest BCUT2D eigenvalue weighted by Gasteiger charge is 2.23. The molecule has 0 saturated heterocycles. The van der Waals surface area contributed by atoms with Crippen LogP contribution in [0.3, 0.4) is 0 Å². The topological polar surface area (TPSA) is 29.3 Å². The number of benzene rings is 1. The summed E-state index contributed by atoms with van der Waals surface area (Å²) in [6.07, 6.45) is 0. The lowest BCUT2D eigenvalue weighted by Gasteiger charge is -2.32. The normalized spacial score (nSPS) is 14.5. The van der Waals surface area contributed by atoms with Crippen LogP contribution in [0.4, 0.5) is 0 Å². The molecule has 1 unspecified atom stereocenters. The van der Waals surface area contributed by atoms with Gasteiger partial charge in [0.1, 0.15) is 0 Å². The van der Waals surface area contributed by atoms with E-state index in [4.69, 9.17) is 5.73 Å². The lowest BCUT2D eigenvalue weighted by molar-refractivity contribution is 0.221. The van der Waals surface area contributed by atoms with Crippen LogP contribution in [0.25, 0.3) is 0 Å². The number of nitrogens with zero attached hydrogens (tertiary/aromatic N) is 1. The molecule has 102 valence electrons. The first-order valence-electron chi connectivity index (χ1n) is 6.71. The molecule has 2 rings (SSSR count). The first-order chi connectivity index (χ1) is 9.12. The molecule has 1 atom stereocenters. The number of hydrogen-bond donors (Lipinski definition) is 1. The summed E-state index contributed by atoms with van der Waals surface area (Å²) < 4.78 is 0. The van der Waals surface area contributed by atoms with Gasteiger partial charge in [0.2, 0.25) is 0 Å². The van der Waals surface area contributed by atoms with Crippen molar-refractivity contribution in [1.29, 1.82) is 0 Å². The molecule has 0 radical (unpaired) electrons. The molecule has 19 heavy (non-hydrogen) atoms. The largest absolute Gasteiger partial charge is 0.321 e. The van der Waals surface area contributed by atoms with Gasteiger partial charge in [-0.1, -0.05) is 43.3 Å². The average molecular weight is 274 g/mol. The standard InChI is InChI=1S/C16H22N2S/c1-3-18(12-15-10-7-11-19-15)13-16(2,17)14-8-5-4-6-9-14/h4-11H,3,12-13,17H2,1-2H3. The Kier molecular flexibility index (Phi) is 4.75. The Bertz CT molecular complexity index is 477. The van der Waals surface area contributed by atoms with E-state index in [1.807, 2.05) is 6.07 Å². The minimum Gasteiger partial charge on any atom is -0.321 e. The molecule has 2 N–H and O–H groups in total. The third kappa shape index (κ3) is 3.90. The molecule has 0 aliphatic rings. The summed E-state index contributed by atoms with van der Waals surface area (Å²) in [7, 11) is 0. The predicted molar refractivity (Wildman–Crippen MR) is 83.3 cm³/mol. The summed E-state index contributed by atoms with van der Waals surface area (Å²) in [5.74, 6) is 0. The molecule has 0 spiro atoms. The van der Waals surface area contributed by atoms with Crippen LogP contribution < -0.4 is 5.73 Å². The molecule has 0 saturated carbocycles. The van der Waals surface area contributed by atoms with E-state index in [0.29, 0.717) is 0 Å². The molecular weight excluding hydrogens is 252 g/mol. The van der Waals surface area contributed by atoms with Crippen LogP contribution in [0.15, 0.2) is 47.8 Å². The lowest BCUT2D eigenvalue weighted by atomic mass is 9.92. The maximum Gasteiger partial charge on any atom is 0.0510 e. The number of nitrogens with two attached hydrogens (primary N) is 1. The van der Waals surface area contributed by atoms with Crippen LogP contribution in [0, 0.1) is 0 Å². The van der Waals surface area contributed by atoms with E-state index < -0.39 is 0 Å². The molecule has 1 aromatic heterocycles. The summed E-state index contributed by atoms with van der Waals surface area (Å²) in [5, 5.41) is 2.13. The van der Waals surface area contributed by atoms with Gasteiger partial charge in [-0.05, 0) is 30.5 Å². The zero-order valence-electron chi connectivity index (χ0n) is 11.7. The maximum absolute atomic E-state index is 6.51. The Morgan fingerprint density at radius 2 is 1.89 bits per heavy atom. The molecular formula is C16H22N2S. The highest BCUT2D eigenvalue weighted by atomic mass is 32.1. The van der Waals surface area contributed by atoms with Crippen LogP contribution in [0.5, 0.6) is 0 Å². The smallest absolute Gasteiger partial charge is 0.0510 e. The molecule has 1 aromatic carbocycles. The fraction of sp³-hybridized carbons (Fsp3) is 0.375. The van der Waals surface area contributed by atoms with Crippen LogP contribution >= 0.6 is 11.3 Å². The Morgan fingerprint density at radius 1 is 1.16 bits per heavy atom. The van der Waals surface area contributed by atoms with Gasteiger partial charge in [-0.3, -0.25) is 4.90 Å². The van der Waals surface area contributed by atoms with E-state index in [2.05, 4.69) is 60.5 Å². The third-order valence-corrected chi connectivity index (χ3v) is 4.25. The van der Waals surface area contributed by atoms with Crippen molar-refractivity contribution in [2.24, 2.45) is 5.73 Å². The van der Waals surface area contributed by atoms with Gasteiger partial charge in [0.15, 0.2) is 0 Å². The predicted octanol–water partition coefficient (Wildman–Crippen LogP) is 3.44. The SMILES string of the molecule is CCN(Cc1cccs1)CC(C)(N)c1ccccc1. The first-order valence-corrected chi connectivity index (χ1v) is 7.59. The second-order valence-electron chi connectivity index (χ2n) is 5.17. The molecule has 3 heteroatoms. The maximum atomic E-state index is 6.51. The second kappa shape index (κ2) is 6.33. The van der Waals surface area contributed by atoms with Crippen molar-refractivity contribution in [3.05, 3.63) is 58.3 Å². The van der Waals surface area contributed by atoms with Gasteiger partial charge in [-0.15, -0.1) is 11.3 Å². The summed E-state index contributed by atoms with van der Waals surface area (Å²) >= 11 is 1.81. The quantitative estimate of drug-likeness (QED) is 0.874. The van der Waals surface area contributed by atoms with Crippen LogP contribution in [-0.2, 0) is 12.1 Å². The first kappa shape index (κ1) is 14.3. The summed E-state index contributed by atoms with van der Waals surface area (Å²) in [5.41, 5.74) is 7.39. The lowest BCUT2D eigenvalue weighted by Crippen LogP contribution is -2.45. The van der Waals surface area contributed by atoms with Gasteiger partial charge in [0.25, 0.3) is 0 Å². The van der Waals surface area contributed by atoms with E-state index in [0.717, 1.165) is 19.6 Å². The van der Waals surface area contributed by atoms with E-state index in [1.165, 1.54) is 10.4 Å². The fourth-order valence-corrected chi connectivity index (χ4v) is 3.02. The van der Waals surface area contributed by atoms with Crippen molar-refractivity contribution < 1.29 is 0 Å². The molecule has 1 heterocycles. The highest BCUT2D eigenvalue weighted by Crippen LogP contribution is 2.20. The molecule has 0 fully saturated rings. The van der Waals surface area contributed by atoms with E-state index in [1.54, 1.807) is 11.3 Å². The molecule has 0 aliphatic carbocycles. The van der Waals surface area contributed by atoms with Crippen LogP contribution in [-0.4, -0.2) is 18.0 Å². The Labute approximate surface area is 119 Å². The number of thiophene rings is 1. The van der Waals surface area contributed by atoms with Crippen molar-refractivity contribution in [2.75, 3.05) is 13.1 Å². The highest BCUT2D eigenvalue weighted by molar-refractivity contribution is 7.09. The molecule has 0 amide bonds. The molecule has 0 bridgehead atoms. The molecule has 0 aliphatic heterocycles. The summed E-state index contributed by atoms with van der Waals surface area (Å²) in [6.45, 7) is 7.16. The van der Waals surface area contributed by atoms with Crippen molar-refractivity contribution in [3.63, 3.8) is 0 Å². The van der Waals surface area contributed by atoms with Crippen molar-refractivity contribution in [2.45, 2.75) is 25.9 Å². The Balaban J connectivity index is 2.05. The minimum atomic E-state index is -0.311. The average Bonchev–Trinajstić information content (AvgIpc) is 2.91. The Hall–Kier alpha value is -1.16. The van der Waals surface area contributed by atoms with Gasteiger partial charge in [-0.25, -0.2) is 0 Å². The summed E-state index contributed by atoms with van der Waals surface area (Å²) in [6, 6.07) is 14.6. The molecule has 2 nitrogen and oxygen atoms in total. The monoisotopic (exact) mass is 274 g/mol. The zero-order chi connectivity index (χ0) is 13.7. The second-order valence-corrected chi connectivity index (χ2v) is 6.20. The van der Waals surface area contributed by atoms with Gasteiger partial charge in [0.05, 0.1) is 5.54 Å². The van der Waals surface area contributed by atoms with Crippen molar-refractivity contribution in [3.8, 4) is 0 Å². The fourth-order valence-electron chi connectivity index (χ4n) is 2.28. The minimum absolute atomic E-state index is 0.311. The van der Waals surface area contributed by atoms with E-state index in [-0.39, 0.29) is 5.54 Å². The summed E-state index contributed by atoms with van der Waals surface area (Å²) in [4.78, 5) is 3.80. The Morgan fingerprint density at radius 3 is 2.47 bits per heavy atom. The van der Waals surface area contributed by atoms with E-state index >= 15 is 0 Å². The van der Waals surface area contributed by atoms with Gasteiger partial charge in [-0.2, -0.15) is 0 Å². The van der Waals surface area contributed by atoms with Gasteiger partial charge in [0, 0.05) is 18.0 Å². The number of rotatable bonds is 6. The van der Waals surface area contributed by atoms with Crippen molar-refractivity contribution in [1.82, 2.24) is 4.90 Å². The van der Waals surface area contributed by atoms with Crippen LogP contribution in [0.2, 0.25) is 0 Å². The van der Waals surface area contributed by atoms with Crippen LogP contribution in [0.1, 0.15) is 24.3 Å². The van der Waals surface area contributed by atoms with Gasteiger partial charge < -0.3 is 5.73 Å². The van der Waals surface area contributed by atoms with E-state index in [9.17, 15) is 0 Å². The molecule has 2 aromatic rings. The third-order valence-electron chi connectivity index (χ3n) is 3.39. The zero-order valence-corrected chi connectivity index (χ0v) is 12.5. The van der Waals surface area contributed by atoms with Gasteiger partial charge >= 0.3 is 0 Å². The van der Waals surface area contributed by atoms with Crippen molar-refractivity contribution >= 4 is 11.3 Å².